The number of carbonyl (C=O) groups is 1. The van der Waals surface area contributed by atoms with Gasteiger partial charge in [-0.3, -0.25) is 4.79 Å². The molecule has 5 rings (SSSR count). The van der Waals surface area contributed by atoms with Crippen molar-refractivity contribution >= 4 is 11.9 Å². The zero-order valence-corrected chi connectivity index (χ0v) is 18.4. The summed E-state index contributed by atoms with van der Waals surface area (Å²) in [6.07, 6.45) is 14.0. The third-order valence-electron chi connectivity index (χ3n) is 9.68. The molecule has 0 bridgehead atoms. The molecular weight excluding hydrogens is 356 g/mol. The molecule has 0 amide bonds. The first-order valence-corrected chi connectivity index (χ1v) is 11.8. The molecular formula is C27H36O2. The van der Waals surface area contributed by atoms with E-state index in [4.69, 9.17) is 4.74 Å². The Balaban J connectivity index is 1.43. The molecule has 6 atom stereocenters. The van der Waals surface area contributed by atoms with Gasteiger partial charge in [-0.25, -0.2) is 0 Å². The number of carbonyl (C=O) groups excluding carboxylic acids is 1. The van der Waals surface area contributed by atoms with E-state index in [9.17, 15) is 4.79 Å². The summed E-state index contributed by atoms with van der Waals surface area (Å²) in [7, 11) is 1.69. The molecule has 0 heterocycles. The Hall–Kier alpha value is -1.57. The van der Waals surface area contributed by atoms with Crippen molar-refractivity contribution < 1.29 is 9.53 Å². The smallest absolute Gasteiger partial charge is 0.165 e. The number of ether oxygens (including phenoxy) is 1. The molecule has 2 heteroatoms. The molecule has 0 saturated heterocycles. The number of hydrogen-bond donors (Lipinski definition) is 0. The summed E-state index contributed by atoms with van der Waals surface area (Å²) in [5, 5.41) is 0. The van der Waals surface area contributed by atoms with Gasteiger partial charge in [-0.15, -0.1) is 0 Å². The number of rotatable bonds is 2. The molecule has 0 unspecified atom stereocenters. The van der Waals surface area contributed by atoms with Crippen molar-refractivity contribution in [1.82, 2.24) is 0 Å². The van der Waals surface area contributed by atoms with E-state index in [1.54, 1.807) is 7.11 Å². The van der Waals surface area contributed by atoms with E-state index in [0.717, 1.165) is 47.5 Å². The van der Waals surface area contributed by atoms with Crippen molar-refractivity contribution in [3.05, 3.63) is 35.4 Å². The van der Waals surface area contributed by atoms with Gasteiger partial charge in [0.2, 0.25) is 0 Å². The molecule has 2 nitrogen and oxygen atoms in total. The third-order valence-corrected chi connectivity index (χ3v) is 9.68. The van der Waals surface area contributed by atoms with E-state index in [2.05, 4.69) is 32.1 Å². The van der Waals surface area contributed by atoms with E-state index < -0.39 is 0 Å². The summed E-state index contributed by atoms with van der Waals surface area (Å²) in [4.78, 5) is 13.5. The Bertz CT molecular complexity index is 821. The van der Waals surface area contributed by atoms with Gasteiger partial charge in [0, 0.05) is 5.41 Å². The Kier molecular flexibility index (Phi) is 4.68. The van der Waals surface area contributed by atoms with E-state index >= 15 is 0 Å². The molecule has 4 aliphatic rings. The van der Waals surface area contributed by atoms with Crippen molar-refractivity contribution in [3.8, 4) is 5.75 Å². The predicted molar refractivity (Wildman–Crippen MR) is 118 cm³/mol. The first-order valence-electron chi connectivity index (χ1n) is 11.8. The molecule has 4 aliphatic carbocycles. The minimum absolute atomic E-state index is 0.128. The molecule has 0 N–H and O–H groups in total. The summed E-state index contributed by atoms with van der Waals surface area (Å²) < 4.78 is 5.28. The van der Waals surface area contributed by atoms with Gasteiger partial charge < -0.3 is 4.74 Å². The molecule has 29 heavy (non-hydrogen) atoms. The Morgan fingerprint density at radius 2 is 1.76 bits per heavy atom. The van der Waals surface area contributed by atoms with Crippen molar-refractivity contribution in [3.63, 3.8) is 0 Å². The maximum Gasteiger partial charge on any atom is 0.165 e. The highest BCUT2D eigenvalue weighted by Gasteiger charge is 2.60. The molecule has 156 valence electrons. The lowest BCUT2D eigenvalue weighted by Crippen LogP contribution is -2.52. The zero-order valence-electron chi connectivity index (χ0n) is 18.4. The van der Waals surface area contributed by atoms with Crippen LogP contribution in [0.2, 0.25) is 0 Å². The van der Waals surface area contributed by atoms with Gasteiger partial charge in [-0.1, -0.05) is 38.8 Å². The molecule has 1 aromatic carbocycles. The maximum absolute atomic E-state index is 13.5. The van der Waals surface area contributed by atoms with Gasteiger partial charge in [-0.2, -0.15) is 0 Å². The number of benzene rings is 1. The first kappa shape index (κ1) is 19.4. The van der Waals surface area contributed by atoms with Gasteiger partial charge in [0.05, 0.1) is 7.11 Å². The molecule has 4 saturated carbocycles. The summed E-state index contributed by atoms with van der Waals surface area (Å²) >= 11 is 0. The lowest BCUT2D eigenvalue weighted by atomic mass is 9.45. The van der Waals surface area contributed by atoms with E-state index in [1.165, 1.54) is 44.9 Å². The molecule has 0 aliphatic heterocycles. The van der Waals surface area contributed by atoms with Crippen LogP contribution in [-0.2, 0) is 4.79 Å². The van der Waals surface area contributed by atoms with Crippen LogP contribution in [0.3, 0.4) is 0 Å². The fourth-order valence-electron chi connectivity index (χ4n) is 8.00. The zero-order chi connectivity index (χ0) is 20.2. The van der Waals surface area contributed by atoms with Crippen LogP contribution in [0.1, 0.15) is 77.2 Å². The summed E-state index contributed by atoms with van der Waals surface area (Å²) in [6.45, 7) is 4.90. The fraction of sp³-hybridized carbons (Fsp3) is 0.667. The quantitative estimate of drug-likeness (QED) is 0.524. The molecule has 0 aromatic heterocycles. The largest absolute Gasteiger partial charge is 0.497 e. The highest BCUT2D eigenvalue weighted by atomic mass is 16.5. The van der Waals surface area contributed by atoms with Gasteiger partial charge in [-0.05, 0) is 103 Å². The average molecular weight is 393 g/mol. The van der Waals surface area contributed by atoms with Gasteiger partial charge in [0.1, 0.15) is 5.75 Å². The normalized spacial score (nSPS) is 42.9. The molecule has 0 radical (unpaired) electrons. The SMILES string of the molecule is COc1ccc(/C=C2\C[C@@H]3[C@@H]4CC[C@H]5CCCC[C@]5(C)[C@H]4CC[C@@]3(C)C2=O)cc1. The molecule has 0 spiro atoms. The number of Topliss-reactive ketones (excluding diaryl/α,β-unsaturated/α-hetero) is 1. The third kappa shape index (κ3) is 2.93. The van der Waals surface area contributed by atoms with Crippen molar-refractivity contribution in [2.24, 2.45) is 34.5 Å². The van der Waals surface area contributed by atoms with Crippen LogP contribution in [-0.4, -0.2) is 12.9 Å². The van der Waals surface area contributed by atoms with Gasteiger partial charge >= 0.3 is 0 Å². The minimum Gasteiger partial charge on any atom is -0.497 e. The number of allylic oxidation sites excluding steroid dienone is 1. The van der Waals surface area contributed by atoms with Crippen LogP contribution in [0.4, 0.5) is 0 Å². The van der Waals surface area contributed by atoms with E-state index in [-0.39, 0.29) is 5.41 Å². The fourth-order valence-corrected chi connectivity index (χ4v) is 8.00. The predicted octanol–water partition coefficient (Wildman–Crippen LogP) is 6.69. The van der Waals surface area contributed by atoms with Crippen LogP contribution in [0.5, 0.6) is 5.75 Å². The highest BCUT2D eigenvalue weighted by molar-refractivity contribution is 6.05. The Labute approximate surface area is 176 Å². The van der Waals surface area contributed by atoms with Crippen molar-refractivity contribution in [1.29, 1.82) is 0 Å². The van der Waals surface area contributed by atoms with Crippen LogP contribution in [0.25, 0.3) is 6.08 Å². The topological polar surface area (TPSA) is 26.3 Å². The van der Waals surface area contributed by atoms with Gasteiger partial charge in [0.25, 0.3) is 0 Å². The van der Waals surface area contributed by atoms with Gasteiger partial charge in [0.15, 0.2) is 5.78 Å². The summed E-state index contributed by atoms with van der Waals surface area (Å²) in [6, 6.07) is 8.12. The van der Waals surface area contributed by atoms with Crippen LogP contribution in [0.15, 0.2) is 29.8 Å². The lowest BCUT2D eigenvalue weighted by Gasteiger charge is -2.59. The Morgan fingerprint density at radius 1 is 0.966 bits per heavy atom. The van der Waals surface area contributed by atoms with Crippen molar-refractivity contribution in [2.45, 2.75) is 71.6 Å². The second-order valence-electron chi connectivity index (χ2n) is 10.8. The molecule has 4 fully saturated rings. The van der Waals surface area contributed by atoms with Crippen molar-refractivity contribution in [2.75, 3.05) is 7.11 Å². The first-order chi connectivity index (χ1) is 14.0. The maximum atomic E-state index is 13.5. The summed E-state index contributed by atoms with van der Waals surface area (Å²) in [5.74, 6) is 4.39. The molecule has 1 aromatic rings. The van der Waals surface area contributed by atoms with E-state index in [0.29, 0.717) is 17.1 Å². The number of methoxy groups -OCH3 is 1. The summed E-state index contributed by atoms with van der Waals surface area (Å²) in [5.41, 5.74) is 2.60. The standard InChI is InChI=1S/C27H36O2/c1-26-14-5-4-6-20(26)9-12-22-23(26)13-15-27(2)24(22)17-19(25(27)28)16-18-7-10-21(29-3)11-8-18/h7-8,10-11,16,20,22-24H,4-6,9,12-15,17H2,1-3H3/b19-16+/t20-,22-,23+,24-,26+,27-/m1/s1. The number of fused-ring (bicyclic) bond motifs is 5. The second kappa shape index (κ2) is 7.00. The minimum atomic E-state index is -0.128. The van der Waals surface area contributed by atoms with Crippen LogP contribution < -0.4 is 4.74 Å². The Morgan fingerprint density at radius 3 is 2.52 bits per heavy atom. The van der Waals surface area contributed by atoms with Crippen LogP contribution in [0, 0.1) is 34.5 Å². The number of ketones is 1. The monoisotopic (exact) mass is 392 g/mol. The highest BCUT2D eigenvalue weighted by Crippen LogP contribution is 2.66. The number of hydrogen-bond acceptors (Lipinski definition) is 2. The van der Waals surface area contributed by atoms with Crippen LogP contribution >= 0.6 is 0 Å². The average Bonchev–Trinajstić information content (AvgIpc) is 2.99. The van der Waals surface area contributed by atoms with E-state index in [1.807, 2.05) is 12.1 Å². The lowest BCUT2D eigenvalue weighted by molar-refractivity contribution is -0.137. The second-order valence-corrected chi connectivity index (χ2v) is 10.8.